The minimum Gasteiger partial charge on any atom is -0.494 e. The summed E-state index contributed by atoms with van der Waals surface area (Å²) in [5.41, 5.74) is 7.26. The number of hydrogen-bond donors (Lipinski definition) is 3. The molecule has 0 saturated carbocycles. The summed E-state index contributed by atoms with van der Waals surface area (Å²) in [5, 5.41) is 18.8. The van der Waals surface area contributed by atoms with Crippen LogP contribution in [0.5, 0.6) is 5.75 Å². The summed E-state index contributed by atoms with van der Waals surface area (Å²) in [5.74, 6) is -2.08. The number of likely N-dealkylation sites (tertiary alicyclic amines) is 1. The maximum Gasteiger partial charge on any atom is 0.394 e. The Morgan fingerprint density at radius 1 is 1.11 bits per heavy atom. The molecule has 1 saturated heterocycles. The van der Waals surface area contributed by atoms with E-state index in [-0.39, 0.29) is 25.0 Å². The number of amides is 2. The van der Waals surface area contributed by atoms with Gasteiger partial charge in [-0.2, -0.15) is 5.10 Å². The van der Waals surface area contributed by atoms with Crippen molar-refractivity contribution in [1.82, 2.24) is 25.0 Å². The van der Waals surface area contributed by atoms with Crippen LogP contribution in [-0.2, 0) is 23.1 Å². The molecule has 3 heterocycles. The molecule has 0 aliphatic carbocycles. The molecule has 2 amide bonds. The topological polar surface area (TPSA) is 130 Å². The van der Waals surface area contributed by atoms with Crippen LogP contribution in [0.25, 0.3) is 22.0 Å². The highest BCUT2D eigenvalue weighted by molar-refractivity contribution is 6.35. The van der Waals surface area contributed by atoms with Crippen molar-refractivity contribution in [2.75, 3.05) is 19.7 Å². The van der Waals surface area contributed by atoms with Crippen molar-refractivity contribution < 1.29 is 24.2 Å². The largest absolute Gasteiger partial charge is 0.494 e. The van der Waals surface area contributed by atoms with Gasteiger partial charge in [0.1, 0.15) is 11.4 Å². The van der Waals surface area contributed by atoms with Gasteiger partial charge < -0.3 is 25.0 Å². The van der Waals surface area contributed by atoms with Crippen molar-refractivity contribution in [1.29, 1.82) is 0 Å². The lowest BCUT2D eigenvalue weighted by atomic mass is 9.98. The Morgan fingerprint density at radius 3 is 2.45 bits per heavy atom. The average Bonchev–Trinajstić information content (AvgIpc) is 3.65. The Labute approximate surface area is 265 Å². The van der Waals surface area contributed by atoms with Crippen LogP contribution in [0.1, 0.15) is 51.4 Å². The first kappa shape index (κ1) is 31.4. The van der Waals surface area contributed by atoms with Gasteiger partial charge >= 0.3 is 11.9 Å². The predicted octanol–water partition coefficient (Wildman–Crippen LogP) is 5.54. The van der Waals surface area contributed by atoms with Crippen molar-refractivity contribution in [3.05, 3.63) is 68.1 Å². The molecule has 2 aromatic carbocycles. The highest BCUT2D eigenvalue weighted by atomic mass is 35.5. The molecule has 0 bridgehead atoms. The second-order valence-electron chi connectivity index (χ2n) is 11.3. The van der Waals surface area contributed by atoms with Crippen molar-refractivity contribution in [3.8, 4) is 16.9 Å². The highest BCUT2D eigenvalue weighted by Crippen LogP contribution is 2.40. The molecule has 2 aromatic heterocycles. The Hall–Kier alpha value is -4.02. The summed E-state index contributed by atoms with van der Waals surface area (Å²) < 4.78 is 7.86. The van der Waals surface area contributed by atoms with Crippen LogP contribution in [0.2, 0.25) is 10.0 Å². The Morgan fingerprint density at radius 2 is 1.82 bits per heavy atom. The molecule has 1 fully saturated rings. The smallest absolute Gasteiger partial charge is 0.394 e. The number of aromatic amines is 1. The molecule has 1 atom stereocenters. The van der Waals surface area contributed by atoms with Gasteiger partial charge in [-0.25, -0.2) is 4.79 Å². The number of aliphatic carboxylic acids is 1. The lowest BCUT2D eigenvalue weighted by Gasteiger charge is -2.15. The van der Waals surface area contributed by atoms with Crippen LogP contribution in [-0.4, -0.2) is 68.3 Å². The number of carboxylic acids is 1. The number of H-pyrrole nitrogens is 1. The van der Waals surface area contributed by atoms with E-state index in [9.17, 15) is 14.4 Å². The van der Waals surface area contributed by atoms with Crippen LogP contribution < -0.4 is 10.1 Å². The molecule has 3 N–H and O–H groups in total. The third kappa shape index (κ3) is 6.01. The Bertz CT molecular complexity index is 1770. The third-order valence-corrected chi connectivity index (χ3v) is 9.17. The fourth-order valence-corrected chi connectivity index (χ4v) is 6.37. The summed E-state index contributed by atoms with van der Waals surface area (Å²) in [4.78, 5) is 41.5. The van der Waals surface area contributed by atoms with Crippen molar-refractivity contribution in [2.45, 2.75) is 53.0 Å². The first-order valence-corrected chi connectivity index (χ1v) is 15.2. The SMILES string of the molecule is Cc1cc(OCCCc2c(C(=O)N[C@@H]3CCN(C(=O)C(=O)O)C3)[nH]c3c(-c4c(C)nn(C)c4C)c(Cl)ccc23)cc(C)c1Cl. The number of carboxylic acid groups (broad SMARTS) is 1. The van der Waals surface area contributed by atoms with Gasteiger partial charge in [-0.05, 0) is 81.8 Å². The number of ether oxygens (including phenoxy) is 1. The van der Waals surface area contributed by atoms with E-state index in [1.54, 1.807) is 4.68 Å². The first-order valence-electron chi connectivity index (χ1n) is 14.4. The van der Waals surface area contributed by atoms with Crippen molar-refractivity contribution in [3.63, 3.8) is 0 Å². The molecular formula is C32H35Cl2N5O5. The number of halogens is 2. The molecule has 4 aromatic rings. The lowest BCUT2D eigenvalue weighted by Crippen LogP contribution is -2.40. The van der Waals surface area contributed by atoms with Gasteiger partial charge in [-0.15, -0.1) is 0 Å². The van der Waals surface area contributed by atoms with Gasteiger partial charge in [-0.1, -0.05) is 29.3 Å². The van der Waals surface area contributed by atoms with Crippen LogP contribution in [0, 0.1) is 27.7 Å². The zero-order valence-corrected chi connectivity index (χ0v) is 26.8. The van der Waals surface area contributed by atoms with Crippen LogP contribution in [0.3, 0.4) is 0 Å². The highest BCUT2D eigenvalue weighted by Gasteiger charge is 2.32. The first-order chi connectivity index (χ1) is 20.9. The van der Waals surface area contributed by atoms with E-state index in [1.807, 2.05) is 59.0 Å². The van der Waals surface area contributed by atoms with Gasteiger partial charge in [0.25, 0.3) is 5.91 Å². The molecule has 5 rings (SSSR count). The Kier molecular flexibility index (Phi) is 8.95. The summed E-state index contributed by atoms with van der Waals surface area (Å²) in [6.07, 6.45) is 1.62. The Balaban J connectivity index is 1.47. The number of rotatable bonds is 8. The summed E-state index contributed by atoms with van der Waals surface area (Å²) in [7, 11) is 1.88. The number of carbonyl (C=O) groups excluding carboxylic acids is 2. The van der Waals surface area contributed by atoms with Gasteiger partial charge in [0, 0.05) is 53.4 Å². The van der Waals surface area contributed by atoms with Crippen molar-refractivity contribution >= 4 is 51.9 Å². The molecule has 44 heavy (non-hydrogen) atoms. The number of nitrogens with zero attached hydrogens (tertiary/aromatic N) is 3. The van der Waals surface area contributed by atoms with E-state index in [0.717, 1.165) is 60.9 Å². The molecule has 0 radical (unpaired) electrons. The van der Waals surface area contributed by atoms with E-state index in [4.69, 9.17) is 33.0 Å². The second kappa shape index (κ2) is 12.5. The predicted molar refractivity (Wildman–Crippen MR) is 170 cm³/mol. The molecule has 1 aliphatic rings. The number of benzene rings is 2. The maximum absolute atomic E-state index is 13.8. The molecule has 12 heteroatoms. The standard InChI is InChI=1S/C32H35Cl2N5O5/c1-16-13-21(14-17(2)27(16)34)44-12-6-7-22-23-8-9-24(33)26(25-18(3)37-38(5)19(25)4)28(23)36-29(22)30(40)35-20-10-11-39(15-20)31(41)32(42)43/h8-9,13-14,20,36H,6-7,10-12,15H2,1-5H3,(H,35,40)(H,42,43)/t20-/m1/s1. The van der Waals surface area contributed by atoms with E-state index >= 15 is 0 Å². The van der Waals surface area contributed by atoms with E-state index in [1.165, 1.54) is 4.90 Å². The monoisotopic (exact) mass is 639 g/mol. The minimum atomic E-state index is -1.51. The normalized spacial score (nSPS) is 14.8. The molecule has 0 unspecified atom stereocenters. The number of carbonyl (C=O) groups is 3. The zero-order chi connectivity index (χ0) is 31.9. The molecule has 1 aliphatic heterocycles. The van der Waals surface area contributed by atoms with Gasteiger partial charge in [-0.3, -0.25) is 14.3 Å². The molecule has 232 valence electrons. The second-order valence-corrected chi connectivity index (χ2v) is 12.1. The number of aryl methyl sites for hydroxylation is 5. The fourth-order valence-electron chi connectivity index (χ4n) is 6.01. The summed E-state index contributed by atoms with van der Waals surface area (Å²) in [6, 6.07) is 7.20. The van der Waals surface area contributed by atoms with Gasteiger partial charge in [0.05, 0.1) is 22.8 Å². The van der Waals surface area contributed by atoms with E-state index in [0.29, 0.717) is 36.6 Å². The van der Waals surface area contributed by atoms with Gasteiger partial charge in [0.15, 0.2) is 0 Å². The number of aromatic nitrogens is 3. The molecule has 0 spiro atoms. The van der Waals surface area contributed by atoms with E-state index in [2.05, 4.69) is 15.4 Å². The third-order valence-electron chi connectivity index (χ3n) is 8.26. The van der Waals surface area contributed by atoms with Crippen molar-refractivity contribution in [2.24, 2.45) is 7.05 Å². The maximum atomic E-state index is 13.8. The lowest BCUT2D eigenvalue weighted by molar-refractivity contribution is -0.155. The minimum absolute atomic E-state index is 0.130. The fraction of sp³-hybridized carbons (Fsp3) is 0.375. The van der Waals surface area contributed by atoms with Gasteiger partial charge in [0.2, 0.25) is 0 Å². The van der Waals surface area contributed by atoms with Crippen LogP contribution in [0.4, 0.5) is 0 Å². The summed E-state index contributed by atoms with van der Waals surface area (Å²) in [6.45, 7) is 8.59. The average molecular weight is 641 g/mol. The number of hydrogen-bond acceptors (Lipinski definition) is 5. The van der Waals surface area contributed by atoms with Crippen LogP contribution in [0.15, 0.2) is 24.3 Å². The molecule has 10 nitrogen and oxygen atoms in total. The van der Waals surface area contributed by atoms with E-state index < -0.39 is 11.9 Å². The number of fused-ring (bicyclic) bond motifs is 1. The summed E-state index contributed by atoms with van der Waals surface area (Å²) >= 11 is 13.1. The quantitative estimate of drug-likeness (QED) is 0.172. The number of nitrogens with one attached hydrogen (secondary N) is 2. The molecular weight excluding hydrogens is 605 g/mol. The van der Waals surface area contributed by atoms with Crippen LogP contribution >= 0.6 is 23.2 Å². The zero-order valence-electron chi connectivity index (χ0n) is 25.3.